The summed E-state index contributed by atoms with van der Waals surface area (Å²) in [6.45, 7) is 5.37. The molecule has 1 aromatic carbocycles. The Kier molecular flexibility index (Phi) is 5.33. The molecule has 122 valence electrons. The van der Waals surface area contributed by atoms with E-state index in [0.717, 1.165) is 38.3 Å². The van der Waals surface area contributed by atoms with Gasteiger partial charge in [0.15, 0.2) is 0 Å². The molecule has 1 aliphatic heterocycles. The summed E-state index contributed by atoms with van der Waals surface area (Å²) in [5.41, 5.74) is 2.05. The molecule has 0 unspecified atom stereocenters. The number of aromatic nitrogens is 1. The third-order valence-electron chi connectivity index (χ3n) is 4.31. The van der Waals surface area contributed by atoms with E-state index in [0.29, 0.717) is 6.54 Å². The van der Waals surface area contributed by atoms with E-state index in [1.54, 1.807) is 12.1 Å². The largest absolute Gasteiger partial charge is 0.387 e. The number of β-amino-alcohol motifs (C(OH)–C–C–N with tert-alkyl or cyclic N) is 1. The van der Waals surface area contributed by atoms with Gasteiger partial charge >= 0.3 is 0 Å². The van der Waals surface area contributed by atoms with E-state index in [1.807, 2.05) is 24.5 Å². The maximum Gasteiger partial charge on any atom is 0.123 e. The summed E-state index contributed by atoms with van der Waals surface area (Å²) in [6, 6.07) is 10.2. The van der Waals surface area contributed by atoms with Crippen molar-refractivity contribution in [2.75, 3.05) is 32.7 Å². The second-order valence-corrected chi connectivity index (χ2v) is 6.00. The molecule has 1 fully saturated rings. The first-order valence-corrected chi connectivity index (χ1v) is 7.98. The topological polar surface area (TPSA) is 39.6 Å². The van der Waals surface area contributed by atoms with E-state index in [-0.39, 0.29) is 5.82 Å². The molecular formula is C18H22FN3O. The van der Waals surface area contributed by atoms with E-state index in [2.05, 4.69) is 14.8 Å². The molecule has 1 aromatic heterocycles. The van der Waals surface area contributed by atoms with Crippen LogP contribution in [0.4, 0.5) is 4.39 Å². The highest BCUT2D eigenvalue weighted by Gasteiger charge is 2.20. The van der Waals surface area contributed by atoms with Crippen LogP contribution in [0.5, 0.6) is 0 Å². The molecule has 1 N–H and O–H groups in total. The van der Waals surface area contributed by atoms with Crippen LogP contribution in [0, 0.1) is 5.82 Å². The number of nitrogens with zero attached hydrogens (tertiary/aromatic N) is 3. The van der Waals surface area contributed by atoms with Crippen LogP contribution >= 0.6 is 0 Å². The van der Waals surface area contributed by atoms with Gasteiger partial charge < -0.3 is 5.11 Å². The fourth-order valence-electron chi connectivity index (χ4n) is 2.91. The second kappa shape index (κ2) is 7.64. The zero-order valence-corrected chi connectivity index (χ0v) is 13.1. The number of hydrogen-bond acceptors (Lipinski definition) is 4. The standard InChI is InChI=1S/C18H22FN3O/c19-17-3-1-16(2-4-17)18(23)14-22-11-9-21(10-12-22)13-15-5-7-20-8-6-15/h1-8,18,23H,9-14H2/t18-/m0/s1. The summed E-state index contributed by atoms with van der Waals surface area (Å²) in [5, 5.41) is 10.3. The van der Waals surface area contributed by atoms with Crippen LogP contribution in [0.3, 0.4) is 0 Å². The predicted octanol–water partition coefficient (Wildman–Crippen LogP) is 2.07. The fraction of sp³-hybridized carbons (Fsp3) is 0.389. The number of benzene rings is 1. The van der Waals surface area contributed by atoms with Crippen molar-refractivity contribution in [3.05, 3.63) is 65.7 Å². The van der Waals surface area contributed by atoms with Gasteiger partial charge in [0.2, 0.25) is 0 Å². The highest BCUT2D eigenvalue weighted by atomic mass is 19.1. The second-order valence-electron chi connectivity index (χ2n) is 6.00. The van der Waals surface area contributed by atoms with Gasteiger partial charge in [0, 0.05) is 51.7 Å². The molecule has 2 heterocycles. The molecule has 3 rings (SSSR count). The molecule has 0 amide bonds. The van der Waals surface area contributed by atoms with Crippen LogP contribution in [-0.4, -0.2) is 52.6 Å². The Labute approximate surface area is 136 Å². The van der Waals surface area contributed by atoms with Crippen molar-refractivity contribution in [2.45, 2.75) is 12.6 Å². The van der Waals surface area contributed by atoms with Crippen molar-refractivity contribution >= 4 is 0 Å². The normalized spacial score (nSPS) is 18.0. The minimum Gasteiger partial charge on any atom is -0.387 e. The lowest BCUT2D eigenvalue weighted by Crippen LogP contribution is -2.47. The smallest absolute Gasteiger partial charge is 0.123 e. The van der Waals surface area contributed by atoms with Crippen LogP contribution in [0.25, 0.3) is 0 Å². The molecule has 0 radical (unpaired) electrons. The molecule has 1 aliphatic rings. The SMILES string of the molecule is O[C@@H](CN1CCN(Cc2ccncc2)CC1)c1ccc(F)cc1. The van der Waals surface area contributed by atoms with E-state index in [1.165, 1.54) is 17.7 Å². The number of piperazine rings is 1. The average Bonchev–Trinajstić information content (AvgIpc) is 2.58. The van der Waals surface area contributed by atoms with Gasteiger partial charge in [0.1, 0.15) is 5.82 Å². The van der Waals surface area contributed by atoms with E-state index < -0.39 is 6.10 Å². The van der Waals surface area contributed by atoms with Crippen LogP contribution < -0.4 is 0 Å². The van der Waals surface area contributed by atoms with Gasteiger partial charge in [-0.25, -0.2) is 4.39 Å². The molecule has 1 saturated heterocycles. The number of aliphatic hydroxyl groups excluding tert-OH is 1. The molecule has 5 heteroatoms. The molecule has 0 bridgehead atoms. The molecule has 0 aliphatic carbocycles. The third-order valence-corrected chi connectivity index (χ3v) is 4.31. The van der Waals surface area contributed by atoms with Crippen molar-refractivity contribution in [3.8, 4) is 0 Å². The lowest BCUT2D eigenvalue weighted by Gasteiger charge is -2.35. The van der Waals surface area contributed by atoms with Gasteiger partial charge in [-0.1, -0.05) is 12.1 Å². The minimum absolute atomic E-state index is 0.273. The Hall–Kier alpha value is -1.82. The minimum atomic E-state index is -0.567. The molecule has 23 heavy (non-hydrogen) atoms. The molecule has 4 nitrogen and oxygen atoms in total. The summed E-state index contributed by atoms with van der Waals surface area (Å²) in [7, 11) is 0. The van der Waals surface area contributed by atoms with Crippen molar-refractivity contribution < 1.29 is 9.50 Å². The van der Waals surface area contributed by atoms with E-state index in [4.69, 9.17) is 0 Å². The van der Waals surface area contributed by atoms with Crippen molar-refractivity contribution in [1.82, 2.24) is 14.8 Å². The summed E-state index contributed by atoms with van der Waals surface area (Å²) < 4.78 is 12.9. The zero-order chi connectivity index (χ0) is 16.1. The Balaban J connectivity index is 1.46. The third kappa shape index (κ3) is 4.58. The van der Waals surface area contributed by atoms with Gasteiger partial charge in [0.05, 0.1) is 6.10 Å². The van der Waals surface area contributed by atoms with Crippen LogP contribution in [0.2, 0.25) is 0 Å². The van der Waals surface area contributed by atoms with Gasteiger partial charge in [0.25, 0.3) is 0 Å². The van der Waals surface area contributed by atoms with Crippen molar-refractivity contribution in [1.29, 1.82) is 0 Å². The first-order valence-electron chi connectivity index (χ1n) is 7.98. The monoisotopic (exact) mass is 315 g/mol. The first kappa shape index (κ1) is 16.1. The number of aliphatic hydroxyl groups is 1. The Morgan fingerprint density at radius 1 is 0.957 bits per heavy atom. The Morgan fingerprint density at radius 3 is 2.22 bits per heavy atom. The van der Waals surface area contributed by atoms with E-state index in [9.17, 15) is 9.50 Å². The predicted molar refractivity (Wildman–Crippen MR) is 87.3 cm³/mol. The summed E-state index contributed by atoms with van der Waals surface area (Å²) in [6.07, 6.45) is 3.08. The quantitative estimate of drug-likeness (QED) is 0.917. The number of halogens is 1. The number of hydrogen-bond donors (Lipinski definition) is 1. The van der Waals surface area contributed by atoms with Gasteiger partial charge in [-0.3, -0.25) is 14.8 Å². The van der Waals surface area contributed by atoms with Crippen molar-refractivity contribution in [2.24, 2.45) is 0 Å². The average molecular weight is 315 g/mol. The van der Waals surface area contributed by atoms with Gasteiger partial charge in [-0.2, -0.15) is 0 Å². The van der Waals surface area contributed by atoms with Crippen molar-refractivity contribution in [3.63, 3.8) is 0 Å². The summed E-state index contributed by atoms with van der Waals surface area (Å²) in [5.74, 6) is -0.273. The maximum atomic E-state index is 12.9. The molecule has 1 atom stereocenters. The summed E-state index contributed by atoms with van der Waals surface area (Å²) >= 11 is 0. The zero-order valence-electron chi connectivity index (χ0n) is 13.1. The van der Waals surface area contributed by atoms with Crippen LogP contribution in [0.15, 0.2) is 48.8 Å². The molecule has 0 spiro atoms. The molecule has 0 saturated carbocycles. The highest BCUT2D eigenvalue weighted by molar-refractivity contribution is 5.18. The van der Waals surface area contributed by atoms with Crippen LogP contribution in [0.1, 0.15) is 17.2 Å². The lowest BCUT2D eigenvalue weighted by molar-refractivity contribution is 0.0701. The van der Waals surface area contributed by atoms with E-state index >= 15 is 0 Å². The number of pyridine rings is 1. The number of rotatable bonds is 5. The first-order chi connectivity index (χ1) is 11.2. The lowest BCUT2D eigenvalue weighted by atomic mass is 10.1. The van der Waals surface area contributed by atoms with Gasteiger partial charge in [-0.05, 0) is 35.4 Å². The maximum absolute atomic E-state index is 12.9. The summed E-state index contributed by atoms with van der Waals surface area (Å²) in [4.78, 5) is 8.71. The molecular weight excluding hydrogens is 293 g/mol. The van der Waals surface area contributed by atoms with Crippen LogP contribution in [-0.2, 0) is 6.54 Å². The highest BCUT2D eigenvalue weighted by Crippen LogP contribution is 2.16. The Morgan fingerprint density at radius 2 is 1.57 bits per heavy atom. The molecule has 2 aromatic rings. The van der Waals surface area contributed by atoms with Gasteiger partial charge in [-0.15, -0.1) is 0 Å². The Bertz CT molecular complexity index is 597. The fourth-order valence-corrected chi connectivity index (χ4v) is 2.91.